The average Bonchev–Trinajstić information content (AvgIpc) is 2.10. The molecule has 0 aliphatic carbocycles. The molecular weight excluding hydrogens is 186 g/mol. The van der Waals surface area contributed by atoms with Gasteiger partial charge in [0.05, 0.1) is 7.11 Å². The van der Waals surface area contributed by atoms with Crippen LogP contribution in [0.5, 0.6) is 0 Å². The average molecular weight is 205 g/mol. The van der Waals surface area contributed by atoms with Gasteiger partial charge in [-0.25, -0.2) is 0 Å². The number of carbonyl (C=O) groups excluding carboxylic acids is 1. The van der Waals surface area contributed by atoms with Crippen molar-refractivity contribution in [2.75, 3.05) is 18.6 Å². The Morgan fingerprint density at radius 1 is 1.54 bits per heavy atom. The van der Waals surface area contributed by atoms with Crippen LogP contribution in [-0.4, -0.2) is 30.6 Å². The molecule has 0 bridgehead atoms. The Morgan fingerprint density at radius 2 is 2.15 bits per heavy atom. The summed E-state index contributed by atoms with van der Waals surface area (Å²) >= 11 is 1.83. The van der Waals surface area contributed by atoms with E-state index in [1.54, 1.807) is 0 Å². The number of nitrogens with two attached hydrogens (primary N) is 1. The van der Waals surface area contributed by atoms with Gasteiger partial charge in [-0.15, -0.1) is 0 Å². The van der Waals surface area contributed by atoms with Gasteiger partial charge in [0.15, 0.2) is 0 Å². The van der Waals surface area contributed by atoms with Crippen molar-refractivity contribution in [3.05, 3.63) is 0 Å². The van der Waals surface area contributed by atoms with Crippen molar-refractivity contribution in [3.8, 4) is 0 Å². The van der Waals surface area contributed by atoms with Gasteiger partial charge in [-0.05, 0) is 23.8 Å². The molecule has 4 heteroatoms. The zero-order chi connectivity index (χ0) is 10.3. The van der Waals surface area contributed by atoms with E-state index in [9.17, 15) is 4.79 Å². The van der Waals surface area contributed by atoms with E-state index in [2.05, 4.69) is 18.6 Å². The highest BCUT2D eigenvalue weighted by molar-refractivity contribution is 7.99. The molecule has 0 amide bonds. The fourth-order valence-corrected chi connectivity index (χ4v) is 1.86. The Bertz CT molecular complexity index is 151. The number of carbonyl (C=O) groups is 1. The molecule has 0 rings (SSSR count). The Hall–Kier alpha value is -0.220. The predicted octanol–water partition coefficient (Wildman–Crippen LogP) is 1.27. The first kappa shape index (κ1) is 12.8. The summed E-state index contributed by atoms with van der Waals surface area (Å²) in [7, 11) is 1.36. The molecule has 0 saturated carbocycles. The monoisotopic (exact) mass is 205 g/mol. The molecule has 78 valence electrons. The van der Waals surface area contributed by atoms with E-state index in [0.29, 0.717) is 12.3 Å². The second kappa shape index (κ2) is 7.21. The van der Waals surface area contributed by atoms with E-state index < -0.39 is 6.04 Å². The molecule has 0 fully saturated rings. The van der Waals surface area contributed by atoms with Gasteiger partial charge in [0.1, 0.15) is 6.04 Å². The first-order valence-corrected chi connectivity index (χ1v) is 5.64. The van der Waals surface area contributed by atoms with Crippen molar-refractivity contribution < 1.29 is 9.53 Å². The number of hydrogen-bond acceptors (Lipinski definition) is 4. The summed E-state index contributed by atoms with van der Waals surface area (Å²) in [6.07, 6.45) is 0.698. The lowest BCUT2D eigenvalue weighted by Crippen LogP contribution is -2.32. The summed E-state index contributed by atoms with van der Waals surface area (Å²) in [6.45, 7) is 4.35. The largest absolute Gasteiger partial charge is 0.468 e. The van der Waals surface area contributed by atoms with Gasteiger partial charge in [-0.2, -0.15) is 11.8 Å². The van der Waals surface area contributed by atoms with Crippen LogP contribution in [-0.2, 0) is 9.53 Å². The predicted molar refractivity (Wildman–Crippen MR) is 56.8 cm³/mol. The third-order valence-corrected chi connectivity index (χ3v) is 2.96. The normalized spacial score (nSPS) is 13.0. The van der Waals surface area contributed by atoms with Crippen LogP contribution in [0.25, 0.3) is 0 Å². The SMILES string of the molecule is COC(=O)C(N)CCSCC(C)C. The van der Waals surface area contributed by atoms with Crippen LogP contribution in [0.15, 0.2) is 0 Å². The highest BCUT2D eigenvalue weighted by atomic mass is 32.2. The molecule has 0 radical (unpaired) electrons. The molecule has 1 unspecified atom stereocenters. The summed E-state index contributed by atoms with van der Waals surface area (Å²) in [5.74, 6) is 2.42. The lowest BCUT2D eigenvalue weighted by atomic mass is 10.2. The number of thioether (sulfide) groups is 1. The Morgan fingerprint density at radius 3 is 2.62 bits per heavy atom. The van der Waals surface area contributed by atoms with Gasteiger partial charge in [-0.1, -0.05) is 13.8 Å². The molecule has 1 atom stereocenters. The van der Waals surface area contributed by atoms with Crippen LogP contribution in [0.2, 0.25) is 0 Å². The van der Waals surface area contributed by atoms with Gasteiger partial charge in [0.25, 0.3) is 0 Å². The molecular formula is C9H19NO2S. The number of hydrogen-bond donors (Lipinski definition) is 1. The number of methoxy groups -OCH3 is 1. The Labute approximate surface area is 84.4 Å². The summed E-state index contributed by atoms with van der Waals surface area (Å²) in [6, 6.07) is -0.454. The molecule has 0 spiro atoms. The van der Waals surface area contributed by atoms with Crippen molar-refractivity contribution in [1.82, 2.24) is 0 Å². The molecule has 0 aromatic rings. The van der Waals surface area contributed by atoms with Crippen LogP contribution in [0.3, 0.4) is 0 Å². The van der Waals surface area contributed by atoms with Crippen molar-refractivity contribution in [2.24, 2.45) is 11.7 Å². The Kier molecular flexibility index (Phi) is 7.09. The minimum Gasteiger partial charge on any atom is -0.468 e. The Balaban J connectivity index is 3.37. The van der Waals surface area contributed by atoms with Crippen molar-refractivity contribution in [3.63, 3.8) is 0 Å². The van der Waals surface area contributed by atoms with E-state index in [1.807, 2.05) is 11.8 Å². The van der Waals surface area contributed by atoms with Crippen molar-refractivity contribution in [1.29, 1.82) is 0 Å². The maximum absolute atomic E-state index is 10.9. The van der Waals surface area contributed by atoms with Gasteiger partial charge < -0.3 is 10.5 Å². The van der Waals surface area contributed by atoms with Gasteiger partial charge in [-0.3, -0.25) is 4.79 Å². The number of ether oxygens (including phenoxy) is 1. The highest BCUT2D eigenvalue weighted by Crippen LogP contribution is 2.09. The van der Waals surface area contributed by atoms with Gasteiger partial charge in [0, 0.05) is 0 Å². The summed E-state index contributed by atoms with van der Waals surface area (Å²) in [4.78, 5) is 10.9. The molecule has 13 heavy (non-hydrogen) atoms. The van der Waals surface area contributed by atoms with Crippen LogP contribution >= 0.6 is 11.8 Å². The molecule has 0 aliphatic heterocycles. The second-order valence-electron chi connectivity index (χ2n) is 3.39. The third kappa shape index (κ3) is 6.90. The van der Waals surface area contributed by atoms with Crippen molar-refractivity contribution >= 4 is 17.7 Å². The number of rotatable bonds is 6. The van der Waals surface area contributed by atoms with Crippen molar-refractivity contribution in [2.45, 2.75) is 26.3 Å². The minimum atomic E-state index is -0.454. The number of esters is 1. The van der Waals surface area contributed by atoms with Crippen LogP contribution < -0.4 is 5.73 Å². The molecule has 0 aromatic carbocycles. The van der Waals surface area contributed by atoms with E-state index in [4.69, 9.17) is 5.73 Å². The van der Waals surface area contributed by atoms with E-state index >= 15 is 0 Å². The molecule has 0 aliphatic rings. The zero-order valence-electron chi connectivity index (χ0n) is 8.58. The summed E-state index contributed by atoms with van der Waals surface area (Å²) < 4.78 is 4.52. The molecule has 2 N–H and O–H groups in total. The lowest BCUT2D eigenvalue weighted by Gasteiger charge is -2.09. The third-order valence-electron chi connectivity index (χ3n) is 1.53. The van der Waals surface area contributed by atoms with E-state index in [1.165, 1.54) is 7.11 Å². The maximum Gasteiger partial charge on any atom is 0.322 e. The maximum atomic E-state index is 10.9. The first-order chi connectivity index (χ1) is 6.07. The van der Waals surface area contributed by atoms with E-state index in [-0.39, 0.29) is 5.97 Å². The quantitative estimate of drug-likeness (QED) is 0.524. The smallest absolute Gasteiger partial charge is 0.322 e. The van der Waals surface area contributed by atoms with Crippen LogP contribution in [0.4, 0.5) is 0 Å². The topological polar surface area (TPSA) is 52.3 Å². The zero-order valence-corrected chi connectivity index (χ0v) is 9.39. The van der Waals surface area contributed by atoms with Crippen LogP contribution in [0.1, 0.15) is 20.3 Å². The molecule has 3 nitrogen and oxygen atoms in total. The van der Waals surface area contributed by atoms with E-state index in [0.717, 1.165) is 11.5 Å². The standard InChI is InChI=1S/C9H19NO2S/c1-7(2)6-13-5-4-8(10)9(11)12-3/h7-8H,4-6,10H2,1-3H3. The summed E-state index contributed by atoms with van der Waals surface area (Å²) in [5, 5.41) is 0. The summed E-state index contributed by atoms with van der Waals surface area (Å²) in [5.41, 5.74) is 5.56. The van der Waals surface area contributed by atoms with Crippen LogP contribution in [0, 0.1) is 5.92 Å². The fraction of sp³-hybridized carbons (Fsp3) is 0.889. The minimum absolute atomic E-state index is 0.315. The fourth-order valence-electron chi connectivity index (χ4n) is 0.799. The highest BCUT2D eigenvalue weighted by Gasteiger charge is 2.12. The lowest BCUT2D eigenvalue weighted by molar-refractivity contribution is -0.142. The second-order valence-corrected chi connectivity index (χ2v) is 4.54. The molecule has 0 heterocycles. The molecule has 0 saturated heterocycles. The van der Waals surface area contributed by atoms with Gasteiger partial charge in [0.2, 0.25) is 0 Å². The first-order valence-electron chi connectivity index (χ1n) is 4.49. The van der Waals surface area contributed by atoms with Gasteiger partial charge >= 0.3 is 5.97 Å². The molecule has 0 aromatic heterocycles.